The van der Waals surface area contributed by atoms with E-state index in [1.54, 1.807) is 21.6 Å². The van der Waals surface area contributed by atoms with Gasteiger partial charge in [-0.3, -0.25) is 23.4 Å². The van der Waals surface area contributed by atoms with E-state index in [4.69, 9.17) is 4.42 Å². The Morgan fingerprint density at radius 3 is 2.65 bits per heavy atom. The Labute approximate surface area is 199 Å². The zero-order valence-electron chi connectivity index (χ0n) is 19.0. The van der Waals surface area contributed by atoms with Gasteiger partial charge < -0.3 is 14.2 Å². The van der Waals surface area contributed by atoms with Gasteiger partial charge in [0.2, 0.25) is 11.7 Å². The number of hydrogen-bond acceptors (Lipinski definition) is 7. The molecule has 4 aromatic heterocycles. The lowest BCUT2D eigenvalue weighted by molar-refractivity contribution is -0.132. The third-order valence-corrected chi connectivity index (χ3v) is 7.06. The molecule has 10 nitrogen and oxygen atoms in total. The SMILES string of the molecule is CCCn1c(=O)c2sccc2n2c(CCCC(=O)N3CCN(C(=O)c4ccco4)CC3)nnc12. The highest BCUT2D eigenvalue weighted by Gasteiger charge is 2.26. The molecule has 178 valence electrons. The van der Waals surface area contributed by atoms with Crippen molar-refractivity contribution in [2.45, 2.75) is 39.2 Å². The molecule has 0 bridgehead atoms. The smallest absolute Gasteiger partial charge is 0.289 e. The van der Waals surface area contributed by atoms with Gasteiger partial charge in [0.25, 0.3) is 11.5 Å². The van der Waals surface area contributed by atoms with E-state index in [9.17, 15) is 14.4 Å². The minimum atomic E-state index is -0.142. The molecule has 1 aliphatic heterocycles. The molecular formula is C23H26N6O4S. The second-order valence-corrected chi connectivity index (χ2v) is 9.26. The van der Waals surface area contributed by atoms with E-state index in [1.165, 1.54) is 17.6 Å². The van der Waals surface area contributed by atoms with Crippen molar-refractivity contribution in [3.8, 4) is 0 Å². The number of thiophene rings is 1. The fraction of sp³-hybridized carbons (Fsp3) is 0.435. The Bertz CT molecular complexity index is 1380. The predicted molar refractivity (Wildman–Crippen MR) is 127 cm³/mol. The number of aryl methyl sites for hydroxylation is 2. The van der Waals surface area contributed by atoms with Crippen LogP contribution in [0.5, 0.6) is 0 Å². The summed E-state index contributed by atoms with van der Waals surface area (Å²) in [4.78, 5) is 41.5. The highest BCUT2D eigenvalue weighted by Crippen LogP contribution is 2.21. The van der Waals surface area contributed by atoms with Crippen molar-refractivity contribution in [1.82, 2.24) is 29.0 Å². The van der Waals surface area contributed by atoms with Crippen LogP contribution in [0.25, 0.3) is 16.0 Å². The van der Waals surface area contributed by atoms with E-state index >= 15 is 0 Å². The number of nitrogens with zero attached hydrogens (tertiary/aromatic N) is 6. The van der Waals surface area contributed by atoms with Crippen LogP contribution >= 0.6 is 11.3 Å². The van der Waals surface area contributed by atoms with Gasteiger partial charge in [0.05, 0.1) is 11.8 Å². The van der Waals surface area contributed by atoms with Crippen LogP contribution in [0.15, 0.2) is 39.1 Å². The van der Waals surface area contributed by atoms with Crippen molar-refractivity contribution in [1.29, 1.82) is 0 Å². The van der Waals surface area contributed by atoms with Gasteiger partial charge in [-0.25, -0.2) is 0 Å². The fourth-order valence-electron chi connectivity index (χ4n) is 4.44. The molecule has 0 radical (unpaired) electrons. The van der Waals surface area contributed by atoms with Crippen LogP contribution in [0.4, 0.5) is 0 Å². The van der Waals surface area contributed by atoms with Crippen molar-refractivity contribution in [3.05, 3.63) is 51.8 Å². The van der Waals surface area contributed by atoms with E-state index in [0.29, 0.717) is 68.2 Å². The number of fused-ring (bicyclic) bond motifs is 3. The number of rotatable bonds is 7. The molecule has 0 spiro atoms. The van der Waals surface area contributed by atoms with E-state index in [1.807, 2.05) is 27.7 Å². The van der Waals surface area contributed by atoms with Crippen molar-refractivity contribution >= 4 is 39.1 Å². The second kappa shape index (κ2) is 9.41. The first kappa shape index (κ1) is 22.3. The predicted octanol–water partition coefficient (Wildman–Crippen LogP) is 2.42. The lowest BCUT2D eigenvalue weighted by Gasteiger charge is -2.34. The molecule has 2 amide bonds. The average molecular weight is 483 g/mol. The van der Waals surface area contributed by atoms with Crippen LogP contribution in [-0.4, -0.2) is 67.0 Å². The van der Waals surface area contributed by atoms with Gasteiger partial charge in [-0.15, -0.1) is 21.5 Å². The first-order valence-electron chi connectivity index (χ1n) is 11.5. The molecule has 0 unspecified atom stereocenters. The maximum absolute atomic E-state index is 12.8. The number of hydrogen-bond donors (Lipinski definition) is 0. The molecule has 0 aliphatic carbocycles. The summed E-state index contributed by atoms with van der Waals surface area (Å²) in [5.41, 5.74) is 0.791. The molecule has 1 aliphatic rings. The summed E-state index contributed by atoms with van der Waals surface area (Å²) in [6.07, 6.45) is 3.91. The summed E-state index contributed by atoms with van der Waals surface area (Å²) in [5.74, 6) is 1.56. The second-order valence-electron chi connectivity index (χ2n) is 8.35. The molecular weight excluding hydrogens is 456 g/mol. The zero-order valence-corrected chi connectivity index (χ0v) is 19.8. The number of carbonyl (C=O) groups excluding carboxylic acids is 2. The summed E-state index contributed by atoms with van der Waals surface area (Å²) in [5, 5.41) is 10.6. The van der Waals surface area contributed by atoms with Gasteiger partial charge in [-0.05, 0) is 36.4 Å². The molecule has 5 heterocycles. The molecule has 11 heteroatoms. The molecule has 0 atom stereocenters. The maximum Gasteiger partial charge on any atom is 0.289 e. The van der Waals surface area contributed by atoms with Gasteiger partial charge >= 0.3 is 0 Å². The van der Waals surface area contributed by atoms with Crippen LogP contribution in [0.2, 0.25) is 0 Å². The van der Waals surface area contributed by atoms with E-state index in [0.717, 1.165) is 17.8 Å². The summed E-state index contributed by atoms with van der Waals surface area (Å²) in [7, 11) is 0. The lowest BCUT2D eigenvalue weighted by atomic mass is 10.2. The molecule has 1 saturated heterocycles. The highest BCUT2D eigenvalue weighted by molar-refractivity contribution is 7.17. The van der Waals surface area contributed by atoms with Crippen LogP contribution < -0.4 is 5.56 Å². The quantitative estimate of drug-likeness (QED) is 0.401. The van der Waals surface area contributed by atoms with E-state index in [2.05, 4.69) is 10.2 Å². The Balaban J connectivity index is 1.22. The molecule has 4 aromatic rings. The van der Waals surface area contributed by atoms with Crippen LogP contribution in [0.3, 0.4) is 0 Å². The normalized spacial score (nSPS) is 14.4. The van der Waals surface area contributed by atoms with Crippen molar-refractivity contribution in [2.24, 2.45) is 0 Å². The van der Waals surface area contributed by atoms with Crippen LogP contribution in [-0.2, 0) is 17.8 Å². The first-order valence-corrected chi connectivity index (χ1v) is 12.4. The number of aromatic nitrogens is 4. The maximum atomic E-state index is 12.8. The van der Waals surface area contributed by atoms with E-state index in [-0.39, 0.29) is 17.4 Å². The van der Waals surface area contributed by atoms with Crippen molar-refractivity contribution < 1.29 is 14.0 Å². The minimum Gasteiger partial charge on any atom is -0.459 e. The number of carbonyl (C=O) groups is 2. The number of amides is 2. The van der Waals surface area contributed by atoms with E-state index < -0.39 is 0 Å². The topological polar surface area (TPSA) is 106 Å². The molecule has 1 fully saturated rings. The van der Waals surface area contributed by atoms with Gasteiger partial charge in [-0.2, -0.15) is 0 Å². The third kappa shape index (κ3) is 4.00. The molecule has 0 saturated carbocycles. The zero-order chi connectivity index (χ0) is 23.7. The monoisotopic (exact) mass is 482 g/mol. The summed E-state index contributed by atoms with van der Waals surface area (Å²) < 4.78 is 9.52. The fourth-order valence-corrected chi connectivity index (χ4v) is 5.26. The molecule has 0 N–H and O–H groups in total. The summed E-state index contributed by atoms with van der Waals surface area (Å²) in [6.45, 7) is 4.62. The Hall–Kier alpha value is -3.47. The Morgan fingerprint density at radius 1 is 1.12 bits per heavy atom. The van der Waals surface area contributed by atoms with Crippen molar-refractivity contribution in [3.63, 3.8) is 0 Å². The average Bonchev–Trinajstić information content (AvgIpc) is 3.62. The Kier molecular flexibility index (Phi) is 6.18. The summed E-state index contributed by atoms with van der Waals surface area (Å²) >= 11 is 1.43. The molecule has 34 heavy (non-hydrogen) atoms. The van der Waals surface area contributed by atoms with Crippen molar-refractivity contribution in [2.75, 3.05) is 26.2 Å². The Morgan fingerprint density at radius 2 is 1.91 bits per heavy atom. The molecule has 0 aromatic carbocycles. The van der Waals surface area contributed by atoms with Gasteiger partial charge in [0, 0.05) is 45.6 Å². The van der Waals surface area contributed by atoms with Gasteiger partial charge in [-0.1, -0.05) is 6.92 Å². The number of piperazine rings is 1. The number of furan rings is 1. The van der Waals surface area contributed by atoms with Crippen LogP contribution in [0.1, 0.15) is 42.6 Å². The van der Waals surface area contributed by atoms with Gasteiger partial charge in [0.1, 0.15) is 10.5 Å². The standard InChI is InChI=1S/C23H26N6O4S/c1-2-9-28-22(32)20-16(8-15-34-20)29-18(24-25-23(28)29)6-3-7-19(30)26-10-12-27(13-11-26)21(31)17-5-4-14-33-17/h4-5,8,14-15H,2-3,6-7,9-13H2,1H3. The molecule has 5 rings (SSSR count). The van der Waals surface area contributed by atoms with Gasteiger partial charge in [0.15, 0.2) is 5.76 Å². The third-order valence-electron chi connectivity index (χ3n) is 6.17. The first-order chi connectivity index (χ1) is 16.6. The minimum absolute atomic E-state index is 0.0295. The largest absolute Gasteiger partial charge is 0.459 e. The lowest BCUT2D eigenvalue weighted by Crippen LogP contribution is -2.50. The summed E-state index contributed by atoms with van der Waals surface area (Å²) in [6, 6.07) is 5.27. The highest BCUT2D eigenvalue weighted by atomic mass is 32.1. The van der Waals surface area contributed by atoms with Crippen LogP contribution in [0, 0.1) is 0 Å².